The molecule has 0 radical (unpaired) electrons. The molecule has 8 heteroatoms. The van der Waals surface area contributed by atoms with E-state index >= 15 is 0 Å². The molecule has 0 saturated carbocycles. The Kier molecular flexibility index (Phi) is 25.9. The van der Waals surface area contributed by atoms with Crippen molar-refractivity contribution in [3.8, 4) is 67.5 Å². The first-order valence-corrected chi connectivity index (χ1v) is 28.1. The molecule has 12 aromatic rings. The average Bonchev–Trinajstić information content (AvgIpc) is 4.54. The van der Waals surface area contributed by atoms with Gasteiger partial charge in [-0.2, -0.15) is 24.3 Å². The van der Waals surface area contributed by atoms with Crippen molar-refractivity contribution in [2.75, 3.05) is 28.4 Å². The minimum absolute atomic E-state index is 0. The SMILES string of the molecule is COc1ccc(-c2cccc3[cH-]c(C(C)C)cc23)cc1.COc1ccc(-c2cccc3[cH-]c(C(C)C)cc23)cc1.COc1ccc(-c2cccc3[cH-]c(C(C)C)cc23)cc1.COc1ccc(-c2cccc3[cH-]c(C(C)C)cc23)cc1.[Cl-].[Cl-].[Zr+2].[Zr+2]. The fourth-order valence-corrected chi connectivity index (χ4v) is 10.5. The third-order valence-electron chi connectivity index (χ3n) is 15.4. The first-order chi connectivity index (χ1) is 38.7. The molecule has 0 aromatic heterocycles. The molecule has 0 aliphatic rings. The largest absolute Gasteiger partial charge is 2.00 e. The van der Waals surface area contributed by atoms with Crippen LogP contribution in [0.2, 0.25) is 0 Å². The second-order valence-corrected chi connectivity index (χ2v) is 21.9. The summed E-state index contributed by atoms with van der Waals surface area (Å²) in [5, 5.41) is 10.6. The van der Waals surface area contributed by atoms with Gasteiger partial charge in [-0.05, 0) is 94.5 Å². The van der Waals surface area contributed by atoms with E-state index < -0.39 is 0 Å². The summed E-state index contributed by atoms with van der Waals surface area (Å²) in [5.74, 6) is 5.82. The summed E-state index contributed by atoms with van der Waals surface area (Å²) in [6.45, 7) is 17.9. The summed E-state index contributed by atoms with van der Waals surface area (Å²) in [5.41, 5.74) is 15.7. The van der Waals surface area contributed by atoms with E-state index in [0.717, 1.165) is 23.0 Å². The van der Waals surface area contributed by atoms with Crippen LogP contribution in [-0.4, -0.2) is 28.4 Å². The molecule has 0 amide bonds. The Morgan fingerprint density at radius 1 is 0.262 bits per heavy atom. The fraction of sp³-hybridized carbons (Fsp3) is 0.211. The predicted octanol–water partition coefficient (Wildman–Crippen LogP) is 15.4. The van der Waals surface area contributed by atoms with Crippen LogP contribution in [-0.2, 0) is 52.4 Å². The van der Waals surface area contributed by atoms with Crippen molar-refractivity contribution >= 4 is 43.1 Å². The van der Waals surface area contributed by atoms with Gasteiger partial charge in [0.25, 0.3) is 0 Å². The number of hydrogen-bond donors (Lipinski definition) is 0. The Bertz CT molecular complexity index is 3410. The Morgan fingerprint density at radius 3 is 0.595 bits per heavy atom. The van der Waals surface area contributed by atoms with E-state index in [1.165, 1.54) is 110 Å². The van der Waals surface area contributed by atoms with Gasteiger partial charge in [0.05, 0.1) is 28.4 Å². The van der Waals surface area contributed by atoms with Gasteiger partial charge in [-0.3, -0.25) is 0 Å². The van der Waals surface area contributed by atoms with Gasteiger partial charge >= 0.3 is 52.4 Å². The summed E-state index contributed by atoms with van der Waals surface area (Å²) in [7, 11) is 6.79. The predicted molar refractivity (Wildman–Crippen MR) is 342 cm³/mol. The first kappa shape index (κ1) is 68.5. The molecule has 12 aromatic carbocycles. The topological polar surface area (TPSA) is 36.9 Å². The van der Waals surface area contributed by atoms with Gasteiger partial charge in [-0.1, -0.05) is 150 Å². The van der Waals surface area contributed by atoms with E-state index in [9.17, 15) is 0 Å². The van der Waals surface area contributed by atoms with E-state index in [4.69, 9.17) is 18.9 Å². The summed E-state index contributed by atoms with van der Waals surface area (Å²) in [6.07, 6.45) is 0. The van der Waals surface area contributed by atoms with Crippen molar-refractivity contribution in [3.05, 3.63) is 241 Å². The number of fused-ring (bicyclic) bond motifs is 4. The maximum Gasteiger partial charge on any atom is 2.00 e. The Labute approximate surface area is 550 Å². The van der Waals surface area contributed by atoms with Crippen LogP contribution >= 0.6 is 0 Å². The van der Waals surface area contributed by atoms with Crippen LogP contribution in [0.25, 0.3) is 87.6 Å². The van der Waals surface area contributed by atoms with Crippen LogP contribution < -0.4 is 43.8 Å². The van der Waals surface area contributed by atoms with E-state index in [0.29, 0.717) is 23.7 Å². The van der Waals surface area contributed by atoms with Gasteiger partial charge < -0.3 is 43.8 Å². The molecule has 0 heterocycles. The van der Waals surface area contributed by atoms with Crippen molar-refractivity contribution in [1.82, 2.24) is 0 Å². The van der Waals surface area contributed by atoms with Crippen LogP contribution in [0.3, 0.4) is 0 Å². The minimum atomic E-state index is 0. The van der Waals surface area contributed by atoms with Gasteiger partial charge in [-0.25, -0.2) is 0 Å². The zero-order chi connectivity index (χ0) is 56.5. The fourth-order valence-electron chi connectivity index (χ4n) is 10.5. The smallest absolute Gasteiger partial charge is 1.00 e. The molecular weight excluding hydrogens is 1230 g/mol. The molecule has 0 aliphatic heterocycles. The van der Waals surface area contributed by atoms with Crippen LogP contribution in [0.4, 0.5) is 0 Å². The summed E-state index contributed by atoms with van der Waals surface area (Å²) >= 11 is 0. The minimum Gasteiger partial charge on any atom is -1.00 e. The van der Waals surface area contributed by atoms with Crippen molar-refractivity contribution < 1.29 is 96.2 Å². The van der Waals surface area contributed by atoms with Gasteiger partial charge in [0.2, 0.25) is 0 Å². The normalized spacial score (nSPS) is 10.7. The van der Waals surface area contributed by atoms with E-state index in [1.54, 1.807) is 28.4 Å². The number of halogens is 2. The van der Waals surface area contributed by atoms with Crippen LogP contribution in [0, 0.1) is 0 Å². The maximum atomic E-state index is 5.23. The summed E-state index contributed by atoms with van der Waals surface area (Å²) in [4.78, 5) is 0. The van der Waals surface area contributed by atoms with E-state index in [1.807, 2.05) is 48.5 Å². The quantitative estimate of drug-likeness (QED) is 0.114. The molecule has 0 saturated heterocycles. The number of ether oxygens (including phenoxy) is 4. The first-order valence-electron chi connectivity index (χ1n) is 28.1. The Morgan fingerprint density at radius 2 is 0.440 bits per heavy atom. The Balaban J connectivity index is 0.000000202. The third-order valence-corrected chi connectivity index (χ3v) is 15.4. The van der Waals surface area contributed by atoms with Gasteiger partial charge in [0.1, 0.15) is 23.0 Å². The molecule has 0 bridgehead atoms. The van der Waals surface area contributed by atoms with Gasteiger partial charge in [0.15, 0.2) is 0 Å². The third kappa shape index (κ3) is 16.2. The molecule has 428 valence electrons. The van der Waals surface area contributed by atoms with E-state index in [-0.39, 0.29) is 77.2 Å². The monoisotopic (exact) mass is 1300 g/mol. The molecule has 0 aliphatic carbocycles. The van der Waals surface area contributed by atoms with Gasteiger partial charge in [0, 0.05) is 0 Å². The van der Waals surface area contributed by atoms with Crippen LogP contribution in [0.15, 0.2) is 218 Å². The summed E-state index contributed by atoms with van der Waals surface area (Å²) < 4.78 is 20.9. The van der Waals surface area contributed by atoms with E-state index in [2.05, 4.69) is 225 Å². The standard InChI is InChI=1S/4C19H19O.2ClH.2Zr/c4*1-13(2)16-11-15-5-4-6-18(19(15)12-16)14-7-9-17(20-3)10-8-14;;;;/h4*4-13H,1-3H3;2*1H;;/q4*-1;;;2*+2/p-2. The molecule has 0 atom stereocenters. The van der Waals surface area contributed by atoms with Gasteiger partial charge in [-0.15, -0.1) is 138 Å². The average molecular weight is 1310 g/mol. The maximum absolute atomic E-state index is 5.23. The van der Waals surface area contributed by atoms with Crippen molar-refractivity contribution in [3.63, 3.8) is 0 Å². The van der Waals surface area contributed by atoms with Crippen LogP contribution in [0.5, 0.6) is 23.0 Å². The second-order valence-electron chi connectivity index (χ2n) is 21.9. The second kappa shape index (κ2) is 31.8. The molecule has 0 N–H and O–H groups in total. The number of hydrogen-bond acceptors (Lipinski definition) is 4. The molecular formula is C76H76Cl2O4Zr2-2. The van der Waals surface area contributed by atoms with Crippen LogP contribution in [0.1, 0.15) is 101 Å². The number of benzene rings is 8. The molecule has 0 fully saturated rings. The van der Waals surface area contributed by atoms with Crippen molar-refractivity contribution in [2.24, 2.45) is 0 Å². The molecule has 84 heavy (non-hydrogen) atoms. The molecule has 12 rings (SSSR count). The number of rotatable bonds is 12. The van der Waals surface area contributed by atoms with Crippen molar-refractivity contribution in [2.45, 2.75) is 79.1 Å². The summed E-state index contributed by atoms with van der Waals surface area (Å²) in [6, 6.07) is 77.6. The van der Waals surface area contributed by atoms with Crippen molar-refractivity contribution in [1.29, 1.82) is 0 Å². The molecule has 4 nitrogen and oxygen atoms in total. The number of methoxy groups -OCH3 is 4. The zero-order valence-corrected chi connectivity index (χ0v) is 56.9. The Hall–Kier alpha value is -6.25. The zero-order valence-electron chi connectivity index (χ0n) is 50.5. The molecule has 0 spiro atoms. The molecule has 0 unspecified atom stereocenters.